The molecule has 2 aromatic carbocycles. The molecule has 4 rings (SSSR count). The van der Waals surface area contributed by atoms with Crippen LogP contribution in [0.2, 0.25) is 10.0 Å². The van der Waals surface area contributed by atoms with Gasteiger partial charge in [0.15, 0.2) is 11.0 Å². The molecule has 0 aliphatic rings. The van der Waals surface area contributed by atoms with Gasteiger partial charge in [0.1, 0.15) is 0 Å². The number of thioether (sulfide) groups is 1. The van der Waals surface area contributed by atoms with Crippen molar-refractivity contribution in [2.24, 2.45) is 0 Å². The highest BCUT2D eigenvalue weighted by atomic mass is 35.5. The van der Waals surface area contributed by atoms with Crippen molar-refractivity contribution in [1.29, 1.82) is 0 Å². The van der Waals surface area contributed by atoms with Gasteiger partial charge in [0.25, 0.3) is 5.56 Å². The third-order valence-corrected chi connectivity index (χ3v) is 5.59. The Balaban J connectivity index is 1.90. The number of hydrogen-bond donors (Lipinski definition) is 0. The third-order valence-electron chi connectivity index (χ3n) is 4.06. The van der Waals surface area contributed by atoms with Crippen LogP contribution in [-0.4, -0.2) is 19.7 Å². The molecule has 0 fully saturated rings. The molecule has 1 atom stereocenters. The molecule has 6 nitrogen and oxygen atoms in total. The molecule has 0 aliphatic carbocycles. The van der Waals surface area contributed by atoms with Crippen molar-refractivity contribution >= 4 is 45.9 Å². The van der Waals surface area contributed by atoms with E-state index in [2.05, 4.69) is 15.1 Å². The number of fused-ring (bicyclic) bond motifs is 1. The van der Waals surface area contributed by atoms with Crippen molar-refractivity contribution in [3.8, 4) is 5.69 Å². The lowest BCUT2D eigenvalue weighted by Crippen LogP contribution is -2.22. The van der Waals surface area contributed by atoms with Gasteiger partial charge in [0, 0.05) is 10.0 Å². The Morgan fingerprint density at radius 1 is 1.07 bits per heavy atom. The Bertz CT molecular complexity index is 1220. The summed E-state index contributed by atoms with van der Waals surface area (Å²) < 4.78 is 6.81. The monoisotopic (exact) mass is 432 g/mol. The normalized spacial score (nSPS) is 12.4. The van der Waals surface area contributed by atoms with E-state index in [-0.39, 0.29) is 10.8 Å². The first-order chi connectivity index (χ1) is 13.4. The van der Waals surface area contributed by atoms with Crippen molar-refractivity contribution in [3.05, 3.63) is 74.6 Å². The largest absolute Gasteiger partial charge is 0.338 e. The summed E-state index contributed by atoms with van der Waals surface area (Å²) in [5, 5.41) is 5.69. The average Bonchev–Trinajstić information content (AvgIpc) is 3.09. The molecule has 0 aliphatic heterocycles. The Morgan fingerprint density at radius 2 is 1.79 bits per heavy atom. The van der Waals surface area contributed by atoms with Crippen LogP contribution in [0.25, 0.3) is 16.6 Å². The molecule has 28 heavy (non-hydrogen) atoms. The van der Waals surface area contributed by atoms with Crippen LogP contribution in [0.5, 0.6) is 0 Å². The fourth-order valence-corrected chi connectivity index (χ4v) is 3.97. The summed E-state index contributed by atoms with van der Waals surface area (Å²) in [6, 6.07) is 12.0. The third kappa shape index (κ3) is 3.65. The van der Waals surface area contributed by atoms with E-state index in [1.165, 1.54) is 11.8 Å². The minimum Gasteiger partial charge on any atom is -0.338 e. The maximum absolute atomic E-state index is 13.3. The van der Waals surface area contributed by atoms with Gasteiger partial charge in [0.2, 0.25) is 5.89 Å². The van der Waals surface area contributed by atoms with Crippen LogP contribution in [0.15, 0.2) is 56.9 Å². The average molecular weight is 433 g/mol. The number of aromatic nitrogens is 4. The Kier molecular flexibility index (Phi) is 5.14. The molecule has 0 radical (unpaired) electrons. The minimum absolute atomic E-state index is 0.194. The second-order valence-electron chi connectivity index (χ2n) is 6.11. The molecule has 142 valence electrons. The molecule has 0 saturated carbocycles. The fourth-order valence-electron chi connectivity index (χ4n) is 2.72. The smallest absolute Gasteiger partial charge is 0.266 e. The first-order valence-corrected chi connectivity index (χ1v) is 10.0. The molecule has 2 aromatic heterocycles. The predicted octanol–water partition coefficient (Wildman–Crippen LogP) is 5.24. The number of nitrogens with zero attached hydrogens (tertiary/aromatic N) is 4. The molecule has 0 bridgehead atoms. The standard InChI is InChI=1S/C19H14Cl2N4O2S/c1-10(17-22-11(2)24-27-17)28-19-23-16-9-13(21)5-8-15(16)18(26)25(19)14-6-3-12(20)4-7-14/h3-10H,1-2H3. The van der Waals surface area contributed by atoms with Gasteiger partial charge in [-0.15, -0.1) is 0 Å². The molecule has 0 spiro atoms. The molecule has 0 N–H and O–H groups in total. The zero-order valence-electron chi connectivity index (χ0n) is 14.9. The topological polar surface area (TPSA) is 73.8 Å². The zero-order valence-corrected chi connectivity index (χ0v) is 17.2. The molecular formula is C19H14Cl2N4O2S. The van der Waals surface area contributed by atoms with E-state index in [1.54, 1.807) is 54.0 Å². The van der Waals surface area contributed by atoms with E-state index in [4.69, 9.17) is 27.7 Å². The van der Waals surface area contributed by atoms with E-state index in [0.717, 1.165) is 0 Å². The lowest BCUT2D eigenvalue weighted by molar-refractivity contribution is 0.376. The molecule has 1 unspecified atom stereocenters. The summed E-state index contributed by atoms with van der Waals surface area (Å²) in [6.07, 6.45) is 0. The lowest BCUT2D eigenvalue weighted by Gasteiger charge is -2.15. The van der Waals surface area contributed by atoms with Gasteiger partial charge in [-0.2, -0.15) is 4.98 Å². The lowest BCUT2D eigenvalue weighted by atomic mass is 10.2. The summed E-state index contributed by atoms with van der Waals surface area (Å²) in [5.41, 5.74) is 0.995. The SMILES string of the molecule is Cc1noc(C(C)Sc2nc3cc(Cl)ccc3c(=O)n2-c2ccc(Cl)cc2)n1. The van der Waals surface area contributed by atoms with E-state index in [9.17, 15) is 4.79 Å². The van der Waals surface area contributed by atoms with Crippen molar-refractivity contribution in [2.45, 2.75) is 24.3 Å². The first-order valence-electron chi connectivity index (χ1n) is 8.37. The van der Waals surface area contributed by atoms with E-state index in [1.807, 2.05) is 6.92 Å². The van der Waals surface area contributed by atoms with Crippen LogP contribution < -0.4 is 5.56 Å². The number of benzene rings is 2. The van der Waals surface area contributed by atoms with E-state index < -0.39 is 0 Å². The number of rotatable bonds is 4. The summed E-state index contributed by atoms with van der Waals surface area (Å²) in [6.45, 7) is 3.67. The van der Waals surface area contributed by atoms with Crippen LogP contribution >= 0.6 is 35.0 Å². The second-order valence-corrected chi connectivity index (χ2v) is 8.29. The van der Waals surface area contributed by atoms with Gasteiger partial charge in [-0.25, -0.2) is 4.98 Å². The number of hydrogen-bond acceptors (Lipinski definition) is 6. The van der Waals surface area contributed by atoms with Gasteiger partial charge in [-0.05, 0) is 56.3 Å². The van der Waals surface area contributed by atoms with E-state index >= 15 is 0 Å². The van der Waals surface area contributed by atoms with Crippen molar-refractivity contribution in [3.63, 3.8) is 0 Å². The molecule has 4 aromatic rings. The van der Waals surface area contributed by atoms with Crippen LogP contribution in [0.1, 0.15) is 23.9 Å². The van der Waals surface area contributed by atoms with Crippen LogP contribution in [0.3, 0.4) is 0 Å². The summed E-state index contributed by atoms with van der Waals surface area (Å²) >= 11 is 13.5. The highest BCUT2D eigenvalue weighted by molar-refractivity contribution is 7.99. The predicted molar refractivity (Wildman–Crippen MR) is 111 cm³/mol. The van der Waals surface area contributed by atoms with Gasteiger partial charge < -0.3 is 4.52 Å². The first kappa shape index (κ1) is 19.0. The summed E-state index contributed by atoms with van der Waals surface area (Å²) in [5.74, 6) is 1.02. The van der Waals surface area contributed by atoms with E-state index in [0.29, 0.717) is 43.5 Å². The molecule has 0 amide bonds. The van der Waals surface area contributed by atoms with Crippen molar-refractivity contribution in [2.75, 3.05) is 0 Å². The molecule has 2 heterocycles. The van der Waals surface area contributed by atoms with Crippen LogP contribution in [0, 0.1) is 6.92 Å². The fraction of sp³-hybridized carbons (Fsp3) is 0.158. The van der Waals surface area contributed by atoms with Crippen molar-refractivity contribution in [1.82, 2.24) is 19.7 Å². The maximum Gasteiger partial charge on any atom is 0.266 e. The Morgan fingerprint density at radius 3 is 2.46 bits per heavy atom. The summed E-state index contributed by atoms with van der Waals surface area (Å²) in [4.78, 5) is 22.2. The second kappa shape index (κ2) is 7.58. The summed E-state index contributed by atoms with van der Waals surface area (Å²) in [7, 11) is 0. The molecular weight excluding hydrogens is 419 g/mol. The minimum atomic E-state index is -0.205. The number of halogens is 2. The molecule has 0 saturated heterocycles. The van der Waals surface area contributed by atoms with Gasteiger partial charge >= 0.3 is 0 Å². The Hall–Kier alpha value is -2.35. The maximum atomic E-state index is 13.3. The highest BCUT2D eigenvalue weighted by Gasteiger charge is 2.20. The van der Waals surface area contributed by atoms with Gasteiger partial charge in [-0.1, -0.05) is 40.1 Å². The van der Waals surface area contributed by atoms with Crippen LogP contribution in [0.4, 0.5) is 0 Å². The highest BCUT2D eigenvalue weighted by Crippen LogP contribution is 2.34. The Labute approximate surface area is 174 Å². The zero-order chi connectivity index (χ0) is 19.8. The van der Waals surface area contributed by atoms with Crippen molar-refractivity contribution < 1.29 is 4.52 Å². The molecule has 9 heteroatoms. The quantitative estimate of drug-likeness (QED) is 0.324. The number of aryl methyl sites for hydroxylation is 1. The van der Waals surface area contributed by atoms with Gasteiger partial charge in [0.05, 0.1) is 21.8 Å². The van der Waals surface area contributed by atoms with Gasteiger partial charge in [-0.3, -0.25) is 9.36 Å². The van der Waals surface area contributed by atoms with Crippen LogP contribution in [-0.2, 0) is 0 Å².